The number of amides is 2. The molecule has 0 saturated heterocycles. The number of carbonyl (C=O) groups is 2. The average molecular weight is 242 g/mol. The molecule has 0 spiro atoms. The van der Waals surface area contributed by atoms with Gasteiger partial charge in [0.2, 0.25) is 5.91 Å². The lowest BCUT2D eigenvalue weighted by molar-refractivity contribution is -0.139. The SMILES string of the molecule is CC(=O)NCC(C)(O)C(=O)NC1CCCCC1. The molecule has 0 aromatic rings. The highest BCUT2D eigenvalue weighted by Crippen LogP contribution is 2.18. The molecule has 0 radical (unpaired) electrons. The lowest BCUT2D eigenvalue weighted by Crippen LogP contribution is -2.54. The van der Waals surface area contributed by atoms with Gasteiger partial charge in [-0.1, -0.05) is 19.3 Å². The van der Waals surface area contributed by atoms with Crippen LogP contribution in [0.4, 0.5) is 0 Å². The minimum absolute atomic E-state index is 0.0547. The zero-order valence-electron chi connectivity index (χ0n) is 10.6. The molecule has 1 aliphatic rings. The number of nitrogens with one attached hydrogen (secondary N) is 2. The number of hydrogen-bond donors (Lipinski definition) is 3. The molecule has 1 aliphatic carbocycles. The van der Waals surface area contributed by atoms with Gasteiger partial charge in [-0.15, -0.1) is 0 Å². The lowest BCUT2D eigenvalue weighted by Gasteiger charge is -2.28. The van der Waals surface area contributed by atoms with E-state index in [9.17, 15) is 14.7 Å². The van der Waals surface area contributed by atoms with Gasteiger partial charge in [-0.25, -0.2) is 0 Å². The molecular formula is C12H22N2O3. The van der Waals surface area contributed by atoms with E-state index < -0.39 is 11.5 Å². The quantitative estimate of drug-likeness (QED) is 0.664. The molecule has 1 saturated carbocycles. The Bertz CT molecular complexity index is 283. The van der Waals surface area contributed by atoms with E-state index in [0.29, 0.717) is 0 Å². The van der Waals surface area contributed by atoms with Gasteiger partial charge < -0.3 is 15.7 Å². The minimum atomic E-state index is -1.54. The van der Waals surface area contributed by atoms with Crippen molar-refractivity contribution >= 4 is 11.8 Å². The predicted molar refractivity (Wildman–Crippen MR) is 64.3 cm³/mol. The van der Waals surface area contributed by atoms with E-state index in [4.69, 9.17) is 0 Å². The second kappa shape index (κ2) is 6.00. The molecular weight excluding hydrogens is 220 g/mol. The van der Waals surface area contributed by atoms with Crippen LogP contribution in [0.3, 0.4) is 0 Å². The first kappa shape index (κ1) is 14.0. The third-order valence-corrected chi connectivity index (χ3v) is 3.11. The molecule has 98 valence electrons. The van der Waals surface area contributed by atoms with Crippen molar-refractivity contribution in [3.05, 3.63) is 0 Å². The Morgan fingerprint density at radius 3 is 2.41 bits per heavy atom. The van der Waals surface area contributed by atoms with E-state index in [0.717, 1.165) is 25.7 Å². The molecule has 0 aliphatic heterocycles. The molecule has 1 atom stereocenters. The molecule has 0 aromatic carbocycles. The molecule has 1 fully saturated rings. The zero-order valence-corrected chi connectivity index (χ0v) is 10.6. The van der Waals surface area contributed by atoms with Gasteiger partial charge in [0.05, 0.1) is 6.54 Å². The largest absolute Gasteiger partial charge is 0.378 e. The van der Waals surface area contributed by atoms with Gasteiger partial charge in [0.1, 0.15) is 0 Å². The summed E-state index contributed by atoms with van der Waals surface area (Å²) in [5.41, 5.74) is -1.54. The summed E-state index contributed by atoms with van der Waals surface area (Å²) >= 11 is 0. The normalized spacial score (nSPS) is 20.4. The molecule has 0 aromatic heterocycles. The average Bonchev–Trinajstić information content (AvgIpc) is 2.28. The molecule has 1 unspecified atom stereocenters. The first-order chi connectivity index (χ1) is 7.92. The van der Waals surface area contributed by atoms with E-state index in [2.05, 4.69) is 10.6 Å². The molecule has 5 nitrogen and oxygen atoms in total. The smallest absolute Gasteiger partial charge is 0.253 e. The van der Waals surface area contributed by atoms with Crippen LogP contribution in [0.25, 0.3) is 0 Å². The van der Waals surface area contributed by atoms with E-state index in [1.807, 2.05) is 0 Å². The van der Waals surface area contributed by atoms with Gasteiger partial charge >= 0.3 is 0 Å². The van der Waals surface area contributed by atoms with Gasteiger partial charge in [0.25, 0.3) is 5.91 Å². The minimum Gasteiger partial charge on any atom is -0.378 e. The van der Waals surface area contributed by atoms with E-state index in [-0.39, 0.29) is 18.5 Å². The van der Waals surface area contributed by atoms with Crippen molar-refractivity contribution in [3.63, 3.8) is 0 Å². The van der Waals surface area contributed by atoms with Crippen LogP contribution in [0.15, 0.2) is 0 Å². The fraction of sp³-hybridized carbons (Fsp3) is 0.833. The summed E-state index contributed by atoms with van der Waals surface area (Å²) in [6.07, 6.45) is 5.41. The van der Waals surface area contributed by atoms with E-state index in [1.54, 1.807) is 0 Å². The Hall–Kier alpha value is -1.10. The Kier molecular flexibility index (Phi) is 4.93. The number of hydrogen-bond acceptors (Lipinski definition) is 3. The highest BCUT2D eigenvalue weighted by molar-refractivity contribution is 5.85. The molecule has 3 N–H and O–H groups in total. The lowest BCUT2D eigenvalue weighted by atomic mass is 9.94. The predicted octanol–water partition coefficient (Wildman–Crippen LogP) is 0.322. The fourth-order valence-corrected chi connectivity index (χ4v) is 1.96. The second-order valence-corrected chi connectivity index (χ2v) is 4.99. The maximum Gasteiger partial charge on any atom is 0.253 e. The van der Waals surface area contributed by atoms with Crippen molar-refractivity contribution in [2.24, 2.45) is 0 Å². The Morgan fingerprint density at radius 1 is 1.29 bits per heavy atom. The number of carbonyl (C=O) groups excluding carboxylic acids is 2. The van der Waals surface area contributed by atoms with Crippen molar-refractivity contribution in [2.45, 2.75) is 57.6 Å². The summed E-state index contributed by atoms with van der Waals surface area (Å²) in [6.45, 7) is 2.72. The van der Waals surface area contributed by atoms with Crippen LogP contribution in [0.2, 0.25) is 0 Å². The summed E-state index contributed by atoms with van der Waals surface area (Å²) in [5, 5.41) is 15.2. The van der Waals surface area contributed by atoms with Crippen molar-refractivity contribution in [1.82, 2.24) is 10.6 Å². The Labute approximate surface area is 102 Å². The summed E-state index contributed by atoms with van der Waals surface area (Å²) in [7, 11) is 0. The summed E-state index contributed by atoms with van der Waals surface area (Å²) < 4.78 is 0. The first-order valence-corrected chi connectivity index (χ1v) is 6.19. The molecule has 0 bridgehead atoms. The van der Waals surface area contributed by atoms with Crippen LogP contribution in [0.1, 0.15) is 46.0 Å². The summed E-state index contributed by atoms with van der Waals surface area (Å²) in [4.78, 5) is 22.6. The fourth-order valence-electron chi connectivity index (χ4n) is 1.96. The Balaban J connectivity index is 2.40. The van der Waals surface area contributed by atoms with Crippen molar-refractivity contribution in [1.29, 1.82) is 0 Å². The monoisotopic (exact) mass is 242 g/mol. The van der Waals surface area contributed by atoms with Crippen LogP contribution < -0.4 is 10.6 Å². The van der Waals surface area contributed by atoms with Gasteiger partial charge in [0.15, 0.2) is 5.60 Å². The topological polar surface area (TPSA) is 78.4 Å². The number of rotatable bonds is 4. The van der Waals surface area contributed by atoms with Crippen LogP contribution in [-0.4, -0.2) is 35.1 Å². The van der Waals surface area contributed by atoms with Crippen LogP contribution in [-0.2, 0) is 9.59 Å². The van der Waals surface area contributed by atoms with Gasteiger partial charge in [-0.05, 0) is 19.8 Å². The van der Waals surface area contributed by atoms with Gasteiger partial charge in [0, 0.05) is 13.0 Å². The molecule has 2 amide bonds. The molecule has 5 heteroatoms. The third-order valence-electron chi connectivity index (χ3n) is 3.11. The summed E-state index contributed by atoms with van der Waals surface area (Å²) in [5.74, 6) is -0.658. The summed E-state index contributed by atoms with van der Waals surface area (Å²) in [6, 6.07) is 0.167. The maximum atomic E-state index is 11.8. The van der Waals surface area contributed by atoms with Crippen molar-refractivity contribution in [2.75, 3.05) is 6.54 Å². The highest BCUT2D eigenvalue weighted by atomic mass is 16.3. The van der Waals surface area contributed by atoms with Crippen LogP contribution >= 0.6 is 0 Å². The van der Waals surface area contributed by atoms with E-state index in [1.165, 1.54) is 20.3 Å². The van der Waals surface area contributed by atoms with Gasteiger partial charge in [-0.2, -0.15) is 0 Å². The van der Waals surface area contributed by atoms with E-state index >= 15 is 0 Å². The maximum absolute atomic E-state index is 11.8. The number of aliphatic hydroxyl groups is 1. The highest BCUT2D eigenvalue weighted by Gasteiger charge is 2.32. The molecule has 17 heavy (non-hydrogen) atoms. The van der Waals surface area contributed by atoms with Crippen LogP contribution in [0.5, 0.6) is 0 Å². The zero-order chi connectivity index (χ0) is 12.9. The first-order valence-electron chi connectivity index (χ1n) is 6.19. The third kappa shape index (κ3) is 4.73. The molecule has 1 rings (SSSR count). The van der Waals surface area contributed by atoms with Gasteiger partial charge in [-0.3, -0.25) is 9.59 Å². The molecule has 0 heterocycles. The standard InChI is InChI=1S/C12H22N2O3/c1-9(15)13-8-12(2,17)11(16)14-10-6-4-3-5-7-10/h10,17H,3-8H2,1-2H3,(H,13,15)(H,14,16). The van der Waals surface area contributed by atoms with Crippen molar-refractivity contribution in [3.8, 4) is 0 Å². The van der Waals surface area contributed by atoms with Crippen LogP contribution in [0, 0.1) is 0 Å². The Morgan fingerprint density at radius 2 is 1.88 bits per heavy atom. The van der Waals surface area contributed by atoms with Crippen molar-refractivity contribution < 1.29 is 14.7 Å². The second-order valence-electron chi connectivity index (χ2n) is 4.99.